The number of halogens is 3. The van der Waals surface area contributed by atoms with Gasteiger partial charge in [-0.3, -0.25) is 0 Å². The molecule has 1 rings (SSSR count). The van der Waals surface area contributed by atoms with E-state index in [0.717, 1.165) is 17.9 Å². The normalized spacial score (nSPS) is 13.5. The highest BCUT2D eigenvalue weighted by Crippen LogP contribution is 2.26. The van der Waals surface area contributed by atoms with Gasteiger partial charge < -0.3 is 4.74 Å². The quantitative estimate of drug-likeness (QED) is 0.763. The average molecular weight is 251 g/mol. The largest absolute Gasteiger partial charge is 0.461 e. The second-order valence-corrected chi connectivity index (χ2v) is 3.45. The van der Waals surface area contributed by atoms with Crippen LogP contribution in [0.15, 0.2) is 6.20 Å². The van der Waals surface area contributed by atoms with Gasteiger partial charge in [-0.05, 0) is 6.92 Å². The fraction of sp³-hybridized carbons (Fsp3) is 0.667. The smallest absolute Gasteiger partial charge is 0.393 e. The van der Waals surface area contributed by atoms with Crippen molar-refractivity contribution >= 4 is 5.97 Å². The number of hydrogen-bond acceptors (Lipinski definition) is 4. The van der Waals surface area contributed by atoms with Gasteiger partial charge in [0.1, 0.15) is 0 Å². The molecule has 5 nitrogen and oxygen atoms in total. The van der Waals surface area contributed by atoms with Crippen LogP contribution in [0.5, 0.6) is 0 Å². The zero-order chi connectivity index (χ0) is 13.1. The van der Waals surface area contributed by atoms with Crippen LogP contribution in [0.2, 0.25) is 0 Å². The highest BCUT2D eigenvalue weighted by atomic mass is 19.4. The molecule has 0 aliphatic rings. The van der Waals surface area contributed by atoms with Crippen LogP contribution in [0.25, 0.3) is 0 Å². The number of aromatic nitrogens is 3. The van der Waals surface area contributed by atoms with Crippen molar-refractivity contribution in [2.24, 2.45) is 5.92 Å². The summed E-state index contributed by atoms with van der Waals surface area (Å²) in [4.78, 5) is 12.0. The number of carbonyl (C=O) groups is 1. The van der Waals surface area contributed by atoms with E-state index in [2.05, 4.69) is 14.9 Å². The second-order valence-electron chi connectivity index (χ2n) is 3.45. The maximum absolute atomic E-state index is 12.3. The fourth-order valence-electron chi connectivity index (χ4n) is 1.03. The molecule has 0 aliphatic heterocycles. The predicted octanol–water partition coefficient (Wildman–Crippen LogP) is 1.65. The van der Waals surface area contributed by atoms with Crippen LogP contribution in [0.1, 0.15) is 24.3 Å². The SMILES string of the molecule is CCOC(=O)c1cnn(CC(C)C(F)(F)F)n1. The lowest BCUT2D eigenvalue weighted by Gasteiger charge is -2.14. The van der Waals surface area contributed by atoms with Crippen LogP contribution >= 0.6 is 0 Å². The van der Waals surface area contributed by atoms with Crippen LogP contribution in [0.3, 0.4) is 0 Å². The van der Waals surface area contributed by atoms with E-state index in [1.165, 1.54) is 0 Å². The number of ether oxygens (including phenoxy) is 1. The van der Waals surface area contributed by atoms with Gasteiger partial charge in [0.2, 0.25) is 0 Å². The molecule has 0 aromatic carbocycles. The van der Waals surface area contributed by atoms with Gasteiger partial charge in [0.25, 0.3) is 0 Å². The summed E-state index contributed by atoms with van der Waals surface area (Å²) in [5, 5.41) is 7.19. The third-order valence-corrected chi connectivity index (χ3v) is 2.02. The zero-order valence-electron chi connectivity index (χ0n) is 9.36. The number of carbonyl (C=O) groups excluding carboxylic acids is 1. The van der Waals surface area contributed by atoms with E-state index in [0.29, 0.717) is 0 Å². The molecule has 17 heavy (non-hydrogen) atoms. The number of alkyl halides is 3. The maximum atomic E-state index is 12.3. The first kappa shape index (κ1) is 13.5. The molecule has 0 saturated heterocycles. The summed E-state index contributed by atoms with van der Waals surface area (Å²) in [5.74, 6) is -2.27. The summed E-state index contributed by atoms with van der Waals surface area (Å²) >= 11 is 0. The van der Waals surface area contributed by atoms with Gasteiger partial charge in [0, 0.05) is 0 Å². The van der Waals surface area contributed by atoms with E-state index in [4.69, 9.17) is 0 Å². The molecule has 1 aromatic heterocycles. The predicted molar refractivity (Wildman–Crippen MR) is 51.2 cm³/mol. The molecule has 0 fully saturated rings. The zero-order valence-corrected chi connectivity index (χ0v) is 9.36. The van der Waals surface area contributed by atoms with Gasteiger partial charge in [-0.25, -0.2) is 4.79 Å². The van der Waals surface area contributed by atoms with Crippen molar-refractivity contribution in [3.05, 3.63) is 11.9 Å². The maximum Gasteiger partial charge on any atom is 0.393 e. The molecule has 1 atom stereocenters. The Labute approximate surface area is 95.6 Å². The van der Waals surface area contributed by atoms with Gasteiger partial charge in [-0.2, -0.15) is 23.1 Å². The van der Waals surface area contributed by atoms with E-state index < -0.39 is 24.6 Å². The van der Waals surface area contributed by atoms with Crippen molar-refractivity contribution in [2.75, 3.05) is 6.61 Å². The summed E-state index contributed by atoms with van der Waals surface area (Å²) in [7, 11) is 0. The van der Waals surface area contributed by atoms with Crippen molar-refractivity contribution in [3.63, 3.8) is 0 Å². The molecule has 96 valence electrons. The average Bonchev–Trinajstić information content (AvgIpc) is 2.65. The van der Waals surface area contributed by atoms with Gasteiger partial charge >= 0.3 is 12.1 Å². The highest BCUT2D eigenvalue weighted by Gasteiger charge is 2.36. The van der Waals surface area contributed by atoms with E-state index in [9.17, 15) is 18.0 Å². The Morgan fingerprint density at radius 3 is 2.76 bits per heavy atom. The molecular weight excluding hydrogens is 239 g/mol. The van der Waals surface area contributed by atoms with E-state index >= 15 is 0 Å². The molecular formula is C9H12F3N3O2. The minimum absolute atomic E-state index is 0.0961. The third kappa shape index (κ3) is 3.72. The fourth-order valence-corrected chi connectivity index (χ4v) is 1.03. The molecule has 0 saturated carbocycles. The molecule has 0 aliphatic carbocycles. The monoisotopic (exact) mass is 251 g/mol. The van der Waals surface area contributed by atoms with Crippen molar-refractivity contribution in [1.29, 1.82) is 0 Å². The minimum atomic E-state index is -4.31. The molecule has 0 spiro atoms. The Kier molecular flexibility index (Phi) is 4.08. The molecule has 1 unspecified atom stereocenters. The van der Waals surface area contributed by atoms with Crippen molar-refractivity contribution in [2.45, 2.75) is 26.6 Å². The Morgan fingerprint density at radius 1 is 1.59 bits per heavy atom. The van der Waals surface area contributed by atoms with Crippen LogP contribution < -0.4 is 0 Å². The molecule has 0 bridgehead atoms. The molecule has 0 amide bonds. The van der Waals surface area contributed by atoms with Gasteiger partial charge in [0.15, 0.2) is 5.69 Å². The van der Waals surface area contributed by atoms with Crippen molar-refractivity contribution in [3.8, 4) is 0 Å². The molecule has 1 heterocycles. The molecule has 8 heteroatoms. The summed E-state index contributed by atoms with van der Waals surface area (Å²) in [5.41, 5.74) is -0.0961. The second kappa shape index (κ2) is 5.15. The van der Waals surface area contributed by atoms with Gasteiger partial charge in [-0.1, -0.05) is 6.92 Å². The Morgan fingerprint density at radius 2 is 2.24 bits per heavy atom. The van der Waals surface area contributed by atoms with Crippen molar-refractivity contribution in [1.82, 2.24) is 15.0 Å². The lowest BCUT2D eigenvalue weighted by Crippen LogP contribution is -2.25. The Bertz CT molecular complexity index is 389. The van der Waals surface area contributed by atoms with E-state index in [1.807, 2.05) is 0 Å². The first-order valence-corrected chi connectivity index (χ1v) is 4.98. The lowest BCUT2D eigenvalue weighted by molar-refractivity contribution is -0.174. The van der Waals surface area contributed by atoms with E-state index in [-0.39, 0.29) is 12.3 Å². The third-order valence-electron chi connectivity index (χ3n) is 2.02. The standard InChI is InChI=1S/C9H12F3N3O2/c1-3-17-8(16)7-4-13-15(14-7)5-6(2)9(10,11)12/h4,6H,3,5H2,1-2H3. The first-order valence-electron chi connectivity index (χ1n) is 4.98. The number of rotatable bonds is 4. The summed E-state index contributed by atoms with van der Waals surface area (Å²) in [6.45, 7) is 2.38. The Hall–Kier alpha value is -1.60. The number of hydrogen-bond donors (Lipinski definition) is 0. The minimum Gasteiger partial charge on any atom is -0.461 e. The van der Waals surface area contributed by atoms with Crippen molar-refractivity contribution < 1.29 is 22.7 Å². The Balaban J connectivity index is 2.66. The topological polar surface area (TPSA) is 57.0 Å². The van der Waals surface area contributed by atoms with Gasteiger partial charge in [0.05, 0.1) is 25.3 Å². The lowest BCUT2D eigenvalue weighted by atomic mass is 10.2. The number of nitrogens with zero attached hydrogens (tertiary/aromatic N) is 3. The van der Waals surface area contributed by atoms with E-state index in [1.54, 1.807) is 6.92 Å². The first-order chi connectivity index (χ1) is 7.84. The summed E-state index contributed by atoms with van der Waals surface area (Å²) < 4.78 is 41.4. The molecule has 0 radical (unpaired) electrons. The van der Waals surface area contributed by atoms with Crippen LogP contribution in [-0.2, 0) is 11.3 Å². The highest BCUT2D eigenvalue weighted by molar-refractivity contribution is 5.86. The van der Waals surface area contributed by atoms with Gasteiger partial charge in [-0.15, -0.1) is 5.10 Å². The van der Waals surface area contributed by atoms with Crippen LogP contribution in [-0.4, -0.2) is 33.7 Å². The van der Waals surface area contributed by atoms with Crippen LogP contribution in [0, 0.1) is 5.92 Å². The van der Waals surface area contributed by atoms with Crippen LogP contribution in [0.4, 0.5) is 13.2 Å². The molecule has 0 N–H and O–H groups in total. The molecule has 1 aromatic rings. The summed E-state index contributed by atoms with van der Waals surface area (Å²) in [6, 6.07) is 0. The summed E-state index contributed by atoms with van der Waals surface area (Å²) in [6.07, 6.45) is -3.22. The number of esters is 1.